The zero-order valence-electron chi connectivity index (χ0n) is 11.8. The van der Waals surface area contributed by atoms with Crippen LogP contribution >= 0.6 is 11.3 Å². The Morgan fingerprint density at radius 2 is 2.05 bits per heavy atom. The van der Waals surface area contributed by atoms with E-state index in [0.717, 1.165) is 34.5 Å². The molecule has 3 heteroatoms. The fourth-order valence-electron chi connectivity index (χ4n) is 3.19. The maximum Gasteiger partial charge on any atom is 0.170 e. The first kappa shape index (κ1) is 12.7. The Kier molecular flexibility index (Phi) is 2.89. The second-order valence-corrected chi connectivity index (χ2v) is 6.81. The molecule has 0 spiro atoms. The van der Waals surface area contributed by atoms with Crippen molar-refractivity contribution in [3.8, 4) is 0 Å². The van der Waals surface area contributed by atoms with Gasteiger partial charge in [0.2, 0.25) is 0 Å². The van der Waals surface area contributed by atoms with E-state index in [9.17, 15) is 4.79 Å². The number of carbonyl (C=O) groups excluding carboxylic acids is 1. The van der Waals surface area contributed by atoms with Gasteiger partial charge in [-0.15, -0.1) is 11.3 Å². The van der Waals surface area contributed by atoms with Crippen LogP contribution in [0.4, 0.5) is 0 Å². The van der Waals surface area contributed by atoms with Gasteiger partial charge >= 0.3 is 0 Å². The Morgan fingerprint density at radius 1 is 1.19 bits per heavy atom. The lowest BCUT2D eigenvalue weighted by molar-refractivity contribution is 0.0946. The number of thiazole rings is 1. The molecule has 0 radical (unpaired) electrons. The number of benzene rings is 2. The predicted molar refractivity (Wildman–Crippen MR) is 86.2 cm³/mol. The molecule has 1 unspecified atom stereocenters. The van der Waals surface area contributed by atoms with E-state index in [1.807, 2.05) is 25.1 Å². The van der Waals surface area contributed by atoms with E-state index < -0.39 is 0 Å². The highest BCUT2D eigenvalue weighted by Gasteiger charge is 2.28. The molecule has 2 nitrogen and oxygen atoms in total. The molecule has 1 aliphatic rings. The normalized spacial score (nSPS) is 18.0. The summed E-state index contributed by atoms with van der Waals surface area (Å²) in [5, 5.41) is 1.07. The van der Waals surface area contributed by atoms with Crippen LogP contribution in [0, 0.1) is 6.92 Å². The van der Waals surface area contributed by atoms with Crippen molar-refractivity contribution in [3.05, 3.63) is 64.2 Å². The highest BCUT2D eigenvalue weighted by Crippen LogP contribution is 2.34. The first-order valence-corrected chi connectivity index (χ1v) is 8.03. The fourth-order valence-corrected chi connectivity index (χ4v) is 4.00. The van der Waals surface area contributed by atoms with Crippen molar-refractivity contribution in [1.82, 2.24) is 4.98 Å². The van der Waals surface area contributed by atoms with Crippen LogP contribution in [-0.4, -0.2) is 10.8 Å². The minimum atomic E-state index is -0.0219. The minimum Gasteiger partial charge on any atom is -0.293 e. The van der Waals surface area contributed by atoms with Gasteiger partial charge < -0.3 is 0 Å². The van der Waals surface area contributed by atoms with E-state index in [1.165, 1.54) is 10.3 Å². The van der Waals surface area contributed by atoms with Gasteiger partial charge in [-0.25, -0.2) is 4.98 Å². The van der Waals surface area contributed by atoms with Crippen molar-refractivity contribution in [2.45, 2.75) is 25.7 Å². The summed E-state index contributed by atoms with van der Waals surface area (Å²) in [6, 6.07) is 14.3. The van der Waals surface area contributed by atoms with Crippen molar-refractivity contribution < 1.29 is 4.79 Å². The Bertz CT molecular complexity index is 849. The zero-order chi connectivity index (χ0) is 14.4. The third kappa shape index (κ3) is 2.09. The van der Waals surface area contributed by atoms with Crippen LogP contribution in [-0.2, 0) is 6.42 Å². The minimum absolute atomic E-state index is 0.0219. The molecule has 0 bridgehead atoms. The average molecular weight is 293 g/mol. The molecule has 21 heavy (non-hydrogen) atoms. The first-order chi connectivity index (χ1) is 10.2. The summed E-state index contributed by atoms with van der Waals surface area (Å²) in [7, 11) is 0. The number of Topliss-reactive ketones (excluding diaryl/α,β-unsaturated/α-hetero) is 1. The Balaban J connectivity index is 1.77. The van der Waals surface area contributed by atoms with Crippen LogP contribution in [0.2, 0.25) is 0 Å². The summed E-state index contributed by atoms with van der Waals surface area (Å²) in [4.78, 5) is 17.3. The van der Waals surface area contributed by atoms with Crippen molar-refractivity contribution in [2.24, 2.45) is 0 Å². The number of hydrogen-bond acceptors (Lipinski definition) is 3. The van der Waals surface area contributed by atoms with Gasteiger partial charge in [0.05, 0.1) is 15.2 Å². The molecule has 104 valence electrons. The molecule has 0 saturated carbocycles. The highest BCUT2D eigenvalue weighted by atomic mass is 32.1. The lowest BCUT2D eigenvalue weighted by atomic mass is 9.79. The quantitative estimate of drug-likeness (QED) is 0.660. The second kappa shape index (κ2) is 4.78. The van der Waals surface area contributed by atoms with E-state index in [4.69, 9.17) is 0 Å². The van der Waals surface area contributed by atoms with E-state index in [0.29, 0.717) is 0 Å². The smallest absolute Gasteiger partial charge is 0.170 e. The third-order valence-electron chi connectivity index (χ3n) is 4.22. The molecular weight excluding hydrogens is 278 g/mol. The highest BCUT2D eigenvalue weighted by molar-refractivity contribution is 7.18. The Hall–Kier alpha value is -2.00. The summed E-state index contributed by atoms with van der Waals surface area (Å²) in [6.07, 6.45) is 1.87. The van der Waals surface area contributed by atoms with Gasteiger partial charge in [0.25, 0.3) is 0 Å². The van der Waals surface area contributed by atoms with Crippen molar-refractivity contribution in [2.75, 3.05) is 0 Å². The maximum atomic E-state index is 12.7. The van der Waals surface area contributed by atoms with Gasteiger partial charge in [-0.1, -0.05) is 30.3 Å². The molecule has 0 saturated heterocycles. The van der Waals surface area contributed by atoms with Crippen LogP contribution in [0.3, 0.4) is 0 Å². The number of hydrogen-bond donors (Lipinski definition) is 0. The van der Waals surface area contributed by atoms with Crippen LogP contribution in [0.1, 0.15) is 38.8 Å². The van der Waals surface area contributed by atoms with Crippen LogP contribution < -0.4 is 0 Å². The molecule has 3 aromatic rings. The first-order valence-electron chi connectivity index (χ1n) is 7.21. The Morgan fingerprint density at radius 3 is 2.95 bits per heavy atom. The number of fused-ring (bicyclic) bond motifs is 2. The van der Waals surface area contributed by atoms with E-state index in [-0.39, 0.29) is 11.7 Å². The van der Waals surface area contributed by atoms with Gasteiger partial charge in [-0.05, 0) is 43.0 Å². The van der Waals surface area contributed by atoms with Gasteiger partial charge in [-0.2, -0.15) is 0 Å². The SMILES string of the molecule is Cc1nc2cc(C3CCc4ccccc4C3=O)ccc2s1. The molecule has 1 atom stereocenters. The molecular formula is C18H15NOS. The van der Waals surface area contributed by atoms with Crippen molar-refractivity contribution in [3.63, 3.8) is 0 Å². The summed E-state index contributed by atoms with van der Waals surface area (Å²) in [5.74, 6) is 0.231. The van der Waals surface area contributed by atoms with Crippen molar-refractivity contribution in [1.29, 1.82) is 0 Å². The number of nitrogens with zero attached hydrogens (tertiary/aromatic N) is 1. The predicted octanol–water partition coefficient (Wildman–Crippen LogP) is 4.52. The van der Waals surface area contributed by atoms with E-state index in [1.54, 1.807) is 11.3 Å². The lowest BCUT2D eigenvalue weighted by Gasteiger charge is -2.23. The zero-order valence-corrected chi connectivity index (χ0v) is 12.6. The standard InChI is InChI=1S/C18H15NOS/c1-11-19-16-10-13(7-9-17(16)21-11)15-8-6-12-4-2-3-5-14(12)18(15)20/h2-5,7,9-10,15H,6,8H2,1H3. The molecule has 2 aromatic carbocycles. The molecule has 0 N–H and O–H groups in total. The number of rotatable bonds is 1. The maximum absolute atomic E-state index is 12.7. The average Bonchev–Trinajstić information content (AvgIpc) is 2.87. The van der Waals surface area contributed by atoms with Crippen LogP contribution in [0.25, 0.3) is 10.2 Å². The summed E-state index contributed by atoms with van der Waals surface area (Å²) in [5.41, 5.74) is 4.20. The van der Waals surface area contributed by atoms with Gasteiger partial charge in [-0.3, -0.25) is 4.79 Å². The lowest BCUT2D eigenvalue weighted by Crippen LogP contribution is -2.20. The summed E-state index contributed by atoms with van der Waals surface area (Å²) >= 11 is 1.70. The van der Waals surface area contributed by atoms with Gasteiger partial charge in [0.15, 0.2) is 5.78 Å². The number of aromatic nitrogens is 1. The third-order valence-corrected chi connectivity index (χ3v) is 5.17. The monoisotopic (exact) mass is 293 g/mol. The molecule has 0 amide bonds. The van der Waals surface area contributed by atoms with E-state index in [2.05, 4.69) is 29.2 Å². The largest absolute Gasteiger partial charge is 0.293 e. The molecule has 4 rings (SSSR count). The van der Waals surface area contributed by atoms with E-state index >= 15 is 0 Å². The van der Waals surface area contributed by atoms with Crippen LogP contribution in [0.5, 0.6) is 0 Å². The topological polar surface area (TPSA) is 30.0 Å². The molecule has 1 aliphatic carbocycles. The number of aryl methyl sites for hydroxylation is 2. The number of ketones is 1. The van der Waals surface area contributed by atoms with Gasteiger partial charge in [0.1, 0.15) is 0 Å². The number of carbonyl (C=O) groups is 1. The van der Waals surface area contributed by atoms with Crippen molar-refractivity contribution >= 4 is 27.3 Å². The molecule has 0 aliphatic heterocycles. The van der Waals surface area contributed by atoms with Gasteiger partial charge in [0, 0.05) is 11.5 Å². The second-order valence-electron chi connectivity index (χ2n) is 5.57. The molecule has 0 fully saturated rings. The molecule has 1 aromatic heterocycles. The summed E-state index contributed by atoms with van der Waals surface area (Å²) in [6.45, 7) is 2.02. The Labute approximate surface area is 127 Å². The summed E-state index contributed by atoms with van der Waals surface area (Å²) < 4.78 is 1.19. The molecule has 1 heterocycles. The van der Waals surface area contributed by atoms with Crippen LogP contribution in [0.15, 0.2) is 42.5 Å². The fraction of sp³-hybridized carbons (Fsp3) is 0.222.